The summed E-state index contributed by atoms with van der Waals surface area (Å²) in [6.45, 7) is 7.69. The normalized spacial score (nSPS) is 12.3. The van der Waals surface area contributed by atoms with E-state index in [1.54, 1.807) is 23.6 Å². The van der Waals surface area contributed by atoms with E-state index in [-0.39, 0.29) is 17.7 Å². The molecule has 1 aromatic carbocycles. The summed E-state index contributed by atoms with van der Waals surface area (Å²) < 4.78 is 10.2. The highest BCUT2D eigenvalue weighted by Gasteiger charge is 2.21. The number of carbonyl (C=O) groups is 2. The van der Waals surface area contributed by atoms with Crippen LogP contribution in [0.15, 0.2) is 18.2 Å². The van der Waals surface area contributed by atoms with Crippen LogP contribution in [0.2, 0.25) is 0 Å². The van der Waals surface area contributed by atoms with Gasteiger partial charge in [0.1, 0.15) is 11.0 Å². The summed E-state index contributed by atoms with van der Waals surface area (Å²) in [5.41, 5.74) is 4.90. The van der Waals surface area contributed by atoms with E-state index in [1.807, 2.05) is 39.0 Å². The number of hydrogen-bond donors (Lipinski definition) is 0. The number of carbonyl (C=O) groups excluding carboxylic acids is 2. The van der Waals surface area contributed by atoms with Crippen LogP contribution in [0.1, 0.15) is 53.6 Å². The molecule has 2 aromatic heterocycles. The maximum absolute atomic E-state index is 12.7. The molecule has 0 saturated heterocycles. The van der Waals surface area contributed by atoms with Crippen molar-refractivity contribution < 1.29 is 9.59 Å². The molecule has 1 atom stereocenters. The van der Waals surface area contributed by atoms with Crippen LogP contribution < -0.4 is 0 Å². The van der Waals surface area contributed by atoms with Crippen molar-refractivity contribution in [1.82, 2.24) is 23.4 Å². The van der Waals surface area contributed by atoms with Crippen molar-refractivity contribution in [3.63, 3.8) is 0 Å². The Morgan fingerprint density at radius 1 is 1.22 bits per heavy atom. The van der Waals surface area contributed by atoms with Gasteiger partial charge in [0.25, 0.3) is 0 Å². The standard InChI is InChI=1S/C19H23N5O2S/c1-11(24-13(3)19(14(4)25)12(2)20-24)8-18(26)23(5)10-15-6-7-16-17(9-15)22-27-21-16/h6-7,9,11H,8,10H2,1-5H3/t11-/m1/s1. The molecule has 0 spiro atoms. The summed E-state index contributed by atoms with van der Waals surface area (Å²) in [6, 6.07) is 5.73. The van der Waals surface area contributed by atoms with Crippen LogP contribution in [0, 0.1) is 13.8 Å². The van der Waals surface area contributed by atoms with E-state index in [2.05, 4.69) is 13.8 Å². The second kappa shape index (κ2) is 7.56. The lowest BCUT2D eigenvalue weighted by Crippen LogP contribution is -2.28. The molecule has 0 aliphatic carbocycles. The van der Waals surface area contributed by atoms with Crippen LogP contribution in [0.4, 0.5) is 0 Å². The summed E-state index contributed by atoms with van der Waals surface area (Å²) >= 11 is 1.18. The lowest BCUT2D eigenvalue weighted by atomic mass is 10.1. The summed E-state index contributed by atoms with van der Waals surface area (Å²) in [5.74, 6) is 0.0229. The molecule has 1 amide bonds. The fourth-order valence-corrected chi connectivity index (χ4v) is 3.90. The average molecular weight is 385 g/mol. The van der Waals surface area contributed by atoms with Crippen molar-refractivity contribution in [2.24, 2.45) is 0 Å². The van der Waals surface area contributed by atoms with Crippen LogP contribution in [0.3, 0.4) is 0 Å². The lowest BCUT2D eigenvalue weighted by Gasteiger charge is -2.21. The predicted molar refractivity (Wildman–Crippen MR) is 105 cm³/mol. The van der Waals surface area contributed by atoms with Crippen molar-refractivity contribution in [3.8, 4) is 0 Å². The molecular formula is C19H23N5O2S. The van der Waals surface area contributed by atoms with E-state index in [9.17, 15) is 9.59 Å². The average Bonchev–Trinajstić information content (AvgIpc) is 3.18. The van der Waals surface area contributed by atoms with Crippen molar-refractivity contribution in [2.75, 3.05) is 7.05 Å². The highest BCUT2D eigenvalue weighted by Crippen LogP contribution is 2.21. The van der Waals surface area contributed by atoms with Gasteiger partial charge in [-0.25, -0.2) is 0 Å². The van der Waals surface area contributed by atoms with E-state index >= 15 is 0 Å². The van der Waals surface area contributed by atoms with E-state index in [0.29, 0.717) is 24.2 Å². The SMILES string of the molecule is CC(=O)c1c(C)nn([C@H](C)CC(=O)N(C)Cc2ccc3nsnc3c2)c1C. The molecule has 0 saturated carbocycles. The number of nitrogens with zero attached hydrogens (tertiary/aromatic N) is 5. The quantitative estimate of drug-likeness (QED) is 0.608. The summed E-state index contributed by atoms with van der Waals surface area (Å²) in [6.07, 6.45) is 0.316. The lowest BCUT2D eigenvalue weighted by molar-refractivity contribution is -0.131. The van der Waals surface area contributed by atoms with Gasteiger partial charge in [0, 0.05) is 25.7 Å². The minimum atomic E-state index is -0.128. The molecule has 0 aliphatic heterocycles. The van der Waals surface area contributed by atoms with Crippen molar-refractivity contribution >= 4 is 34.5 Å². The molecule has 142 valence electrons. The number of aromatic nitrogens is 4. The van der Waals surface area contributed by atoms with Gasteiger partial charge in [-0.05, 0) is 45.4 Å². The zero-order valence-corrected chi connectivity index (χ0v) is 17.0. The number of benzene rings is 1. The molecule has 0 unspecified atom stereocenters. The molecule has 0 bridgehead atoms. The molecule has 0 fully saturated rings. The maximum atomic E-state index is 12.7. The van der Waals surface area contributed by atoms with Gasteiger partial charge in [-0.2, -0.15) is 13.8 Å². The number of hydrogen-bond acceptors (Lipinski definition) is 6. The first-order valence-electron chi connectivity index (χ1n) is 8.79. The number of Topliss-reactive ketones (excluding diaryl/α,β-unsaturated/α-hetero) is 1. The van der Waals surface area contributed by atoms with Gasteiger partial charge in [0.15, 0.2) is 5.78 Å². The summed E-state index contributed by atoms with van der Waals surface area (Å²) in [7, 11) is 1.79. The van der Waals surface area contributed by atoms with Gasteiger partial charge >= 0.3 is 0 Å². The molecule has 0 aliphatic rings. The molecule has 27 heavy (non-hydrogen) atoms. The molecule has 0 radical (unpaired) electrons. The first kappa shape index (κ1) is 19.2. The fraction of sp³-hybridized carbons (Fsp3) is 0.421. The molecular weight excluding hydrogens is 362 g/mol. The first-order chi connectivity index (χ1) is 12.8. The van der Waals surface area contributed by atoms with Gasteiger partial charge in [0.2, 0.25) is 5.91 Å². The highest BCUT2D eigenvalue weighted by atomic mass is 32.1. The number of fused-ring (bicyclic) bond motifs is 1. The summed E-state index contributed by atoms with van der Waals surface area (Å²) in [4.78, 5) is 26.2. The van der Waals surface area contributed by atoms with Gasteiger partial charge < -0.3 is 4.90 Å². The number of rotatable bonds is 6. The third kappa shape index (κ3) is 3.90. The smallest absolute Gasteiger partial charge is 0.224 e. The van der Waals surface area contributed by atoms with E-state index in [4.69, 9.17) is 0 Å². The topological polar surface area (TPSA) is 81.0 Å². The molecule has 0 N–H and O–H groups in total. The predicted octanol–water partition coefficient (Wildman–Crippen LogP) is 3.32. The third-order valence-corrected chi connectivity index (χ3v) is 5.28. The number of ketones is 1. The summed E-state index contributed by atoms with van der Waals surface area (Å²) in [5, 5.41) is 4.47. The Labute approximate surface area is 162 Å². The van der Waals surface area contributed by atoms with Crippen molar-refractivity contribution in [1.29, 1.82) is 0 Å². The van der Waals surface area contributed by atoms with Gasteiger partial charge in [-0.1, -0.05) is 6.07 Å². The van der Waals surface area contributed by atoms with Gasteiger partial charge in [0.05, 0.1) is 29.0 Å². The molecule has 3 aromatic rings. The monoisotopic (exact) mass is 385 g/mol. The highest BCUT2D eigenvalue weighted by molar-refractivity contribution is 7.00. The zero-order chi connectivity index (χ0) is 19.7. The Bertz CT molecular complexity index is 1010. The second-order valence-corrected chi connectivity index (χ2v) is 7.47. The Morgan fingerprint density at radius 3 is 2.59 bits per heavy atom. The number of aryl methyl sites for hydroxylation is 1. The van der Waals surface area contributed by atoms with E-state index in [1.165, 1.54) is 11.7 Å². The van der Waals surface area contributed by atoms with Crippen LogP contribution >= 0.6 is 11.7 Å². The molecule has 8 heteroatoms. The molecule has 3 rings (SSSR count). The zero-order valence-electron chi connectivity index (χ0n) is 16.2. The van der Waals surface area contributed by atoms with E-state index < -0.39 is 0 Å². The Kier molecular flexibility index (Phi) is 5.36. The van der Waals surface area contributed by atoms with Crippen molar-refractivity contribution in [3.05, 3.63) is 40.7 Å². The van der Waals surface area contributed by atoms with E-state index in [0.717, 1.165) is 22.3 Å². The minimum absolute atomic E-state index is 0.00110. The van der Waals surface area contributed by atoms with Gasteiger partial charge in [-0.15, -0.1) is 0 Å². The van der Waals surface area contributed by atoms with Crippen LogP contribution in [0.25, 0.3) is 11.0 Å². The molecule has 7 nitrogen and oxygen atoms in total. The second-order valence-electron chi connectivity index (χ2n) is 6.94. The fourth-order valence-electron chi connectivity index (χ4n) is 3.38. The van der Waals surface area contributed by atoms with Gasteiger partial charge in [-0.3, -0.25) is 14.3 Å². The maximum Gasteiger partial charge on any atom is 0.224 e. The Morgan fingerprint density at radius 2 is 1.93 bits per heavy atom. The first-order valence-corrected chi connectivity index (χ1v) is 9.52. The third-order valence-electron chi connectivity index (χ3n) is 4.73. The number of amides is 1. The van der Waals surface area contributed by atoms with Crippen molar-refractivity contribution in [2.45, 2.75) is 46.7 Å². The molecule has 2 heterocycles. The minimum Gasteiger partial charge on any atom is -0.341 e. The largest absolute Gasteiger partial charge is 0.341 e. The Balaban J connectivity index is 1.68. The Hall–Kier alpha value is -2.61. The van der Waals surface area contributed by atoms with Crippen LogP contribution in [-0.2, 0) is 11.3 Å². The van der Waals surface area contributed by atoms with Crippen LogP contribution in [-0.4, -0.2) is 42.2 Å². The van der Waals surface area contributed by atoms with Crippen LogP contribution in [0.5, 0.6) is 0 Å².